The Balaban J connectivity index is 1.70. The number of pyridine rings is 2. The zero-order chi connectivity index (χ0) is 24.1. The highest BCUT2D eigenvalue weighted by Crippen LogP contribution is 2.32. The van der Waals surface area contributed by atoms with Gasteiger partial charge in [-0.25, -0.2) is 4.98 Å². The van der Waals surface area contributed by atoms with Crippen LogP contribution in [0, 0.1) is 6.92 Å². The van der Waals surface area contributed by atoms with Gasteiger partial charge in [0.2, 0.25) is 0 Å². The molecular formula is C28H36N4OSi. The minimum atomic E-state index is -1.14. The summed E-state index contributed by atoms with van der Waals surface area (Å²) in [6.45, 7) is 12.6. The molecule has 0 saturated carbocycles. The van der Waals surface area contributed by atoms with E-state index in [1.807, 2.05) is 25.5 Å². The average Bonchev–Trinajstić information content (AvgIpc) is 3.23. The number of rotatable bonds is 10. The van der Waals surface area contributed by atoms with Gasteiger partial charge in [-0.2, -0.15) is 0 Å². The molecule has 0 aliphatic carbocycles. The largest absolute Gasteiger partial charge is 0.361 e. The fourth-order valence-corrected chi connectivity index (χ4v) is 4.77. The van der Waals surface area contributed by atoms with Crippen molar-refractivity contribution in [3.05, 3.63) is 66.2 Å². The van der Waals surface area contributed by atoms with E-state index in [9.17, 15) is 0 Å². The summed E-state index contributed by atoms with van der Waals surface area (Å²) in [6, 6.07) is 15.9. The Morgan fingerprint density at radius 3 is 2.65 bits per heavy atom. The molecule has 0 amide bonds. The molecule has 0 radical (unpaired) electrons. The highest BCUT2D eigenvalue weighted by molar-refractivity contribution is 6.76. The lowest BCUT2D eigenvalue weighted by molar-refractivity contribution is 0.0881. The summed E-state index contributed by atoms with van der Waals surface area (Å²) in [5, 5.41) is 1.15. The Morgan fingerprint density at radius 2 is 1.88 bits per heavy atom. The number of hydrogen-bond donors (Lipinski definition) is 0. The van der Waals surface area contributed by atoms with E-state index in [0.717, 1.165) is 58.3 Å². The van der Waals surface area contributed by atoms with Crippen molar-refractivity contribution in [1.29, 1.82) is 0 Å². The van der Waals surface area contributed by atoms with Crippen LogP contribution in [0.1, 0.15) is 31.0 Å². The fourth-order valence-electron chi connectivity index (χ4n) is 4.02. The second-order valence-electron chi connectivity index (χ2n) is 10.3. The van der Waals surface area contributed by atoms with Crippen molar-refractivity contribution in [2.45, 2.75) is 65.5 Å². The number of benzene rings is 1. The lowest BCUT2D eigenvalue weighted by Crippen LogP contribution is -2.22. The Bertz CT molecular complexity index is 1260. The number of nitrogens with zero attached hydrogens (tertiary/aromatic N) is 4. The van der Waals surface area contributed by atoms with Gasteiger partial charge in [0.15, 0.2) is 0 Å². The van der Waals surface area contributed by atoms with Gasteiger partial charge >= 0.3 is 0 Å². The zero-order valence-electron chi connectivity index (χ0n) is 21.1. The van der Waals surface area contributed by atoms with E-state index >= 15 is 0 Å². The molecule has 1 aromatic carbocycles. The van der Waals surface area contributed by atoms with Crippen LogP contribution in [-0.4, -0.2) is 34.2 Å². The van der Waals surface area contributed by atoms with Crippen molar-refractivity contribution < 1.29 is 4.74 Å². The standard InChI is InChI=1S/C28H36N4OSi/c1-6-7-10-22-16-24-17-23(12-13-25(24)29-18-22)27-28(26-11-8-9-21(2)31-26)32(19-30-27)20-33-14-15-34(3,4)5/h8-9,11-13,16-19H,6-7,10,14-15,20H2,1-5H3. The smallest absolute Gasteiger partial charge is 0.124 e. The minimum Gasteiger partial charge on any atom is -0.361 e. The molecule has 0 aliphatic rings. The van der Waals surface area contributed by atoms with Gasteiger partial charge in [-0.05, 0) is 61.7 Å². The van der Waals surface area contributed by atoms with Crippen molar-refractivity contribution in [3.8, 4) is 22.6 Å². The van der Waals surface area contributed by atoms with Crippen LogP contribution in [0.5, 0.6) is 0 Å². The van der Waals surface area contributed by atoms with Gasteiger partial charge in [-0.3, -0.25) is 9.97 Å². The summed E-state index contributed by atoms with van der Waals surface area (Å²) in [7, 11) is -1.14. The second kappa shape index (κ2) is 10.6. The van der Waals surface area contributed by atoms with Crippen molar-refractivity contribution in [3.63, 3.8) is 0 Å². The van der Waals surface area contributed by atoms with Gasteiger partial charge in [-0.1, -0.05) is 45.1 Å². The third kappa shape index (κ3) is 5.99. The number of hydrogen-bond acceptors (Lipinski definition) is 4. The van der Waals surface area contributed by atoms with Crippen molar-refractivity contribution in [2.24, 2.45) is 0 Å². The molecule has 0 aliphatic heterocycles. The van der Waals surface area contributed by atoms with Gasteiger partial charge in [0.05, 0.1) is 28.9 Å². The number of unbranched alkanes of at least 4 members (excludes halogenated alkanes) is 1. The number of aryl methyl sites for hydroxylation is 2. The summed E-state index contributed by atoms with van der Waals surface area (Å²) in [5.41, 5.74) is 7.18. The molecule has 0 bridgehead atoms. The summed E-state index contributed by atoms with van der Waals surface area (Å²) >= 11 is 0. The Morgan fingerprint density at radius 1 is 1.03 bits per heavy atom. The Kier molecular flexibility index (Phi) is 7.59. The van der Waals surface area contributed by atoms with Crippen LogP contribution in [0.25, 0.3) is 33.5 Å². The molecule has 34 heavy (non-hydrogen) atoms. The second-order valence-corrected chi connectivity index (χ2v) is 15.9. The summed E-state index contributed by atoms with van der Waals surface area (Å²) in [4.78, 5) is 14.3. The van der Waals surface area contributed by atoms with Crippen LogP contribution < -0.4 is 0 Å². The molecular weight excluding hydrogens is 436 g/mol. The topological polar surface area (TPSA) is 52.8 Å². The number of imidazole rings is 1. The van der Waals surface area contributed by atoms with Crippen LogP contribution in [0.4, 0.5) is 0 Å². The van der Waals surface area contributed by atoms with E-state index < -0.39 is 8.07 Å². The SMILES string of the molecule is CCCCc1cnc2ccc(-c3ncn(COCC[Si](C)(C)C)c3-c3cccc(C)n3)cc2c1. The molecule has 0 fully saturated rings. The van der Waals surface area contributed by atoms with Crippen molar-refractivity contribution >= 4 is 19.0 Å². The fraction of sp³-hybridized carbons (Fsp3) is 0.393. The molecule has 5 nitrogen and oxygen atoms in total. The Labute approximate surface area is 204 Å². The maximum atomic E-state index is 6.08. The zero-order valence-corrected chi connectivity index (χ0v) is 22.1. The molecule has 3 aromatic heterocycles. The average molecular weight is 473 g/mol. The number of fused-ring (bicyclic) bond motifs is 1. The lowest BCUT2D eigenvalue weighted by Gasteiger charge is -2.16. The van der Waals surface area contributed by atoms with Crippen LogP contribution in [0.3, 0.4) is 0 Å². The molecule has 0 spiro atoms. The first-order valence-electron chi connectivity index (χ1n) is 12.3. The monoisotopic (exact) mass is 472 g/mol. The summed E-state index contributed by atoms with van der Waals surface area (Å²) < 4.78 is 8.17. The first kappa shape index (κ1) is 24.3. The van der Waals surface area contributed by atoms with E-state index in [2.05, 4.69) is 72.5 Å². The van der Waals surface area contributed by atoms with E-state index in [-0.39, 0.29) is 0 Å². The molecule has 0 atom stereocenters. The van der Waals surface area contributed by atoms with E-state index in [1.165, 1.54) is 18.4 Å². The quantitative estimate of drug-likeness (QED) is 0.182. The van der Waals surface area contributed by atoms with Crippen LogP contribution in [0.15, 0.2) is 55.0 Å². The van der Waals surface area contributed by atoms with Gasteiger partial charge < -0.3 is 9.30 Å². The highest BCUT2D eigenvalue weighted by atomic mass is 28.3. The normalized spacial score (nSPS) is 11.9. The highest BCUT2D eigenvalue weighted by Gasteiger charge is 2.18. The predicted molar refractivity (Wildman–Crippen MR) is 144 cm³/mol. The first-order chi connectivity index (χ1) is 16.3. The van der Waals surface area contributed by atoms with Gasteiger partial charge in [-0.15, -0.1) is 0 Å². The van der Waals surface area contributed by atoms with Crippen LogP contribution in [0.2, 0.25) is 25.7 Å². The van der Waals surface area contributed by atoms with Crippen molar-refractivity contribution in [2.75, 3.05) is 6.61 Å². The summed E-state index contributed by atoms with van der Waals surface area (Å²) in [5.74, 6) is 0. The maximum absolute atomic E-state index is 6.08. The molecule has 4 aromatic rings. The number of aromatic nitrogens is 4. The van der Waals surface area contributed by atoms with E-state index in [1.54, 1.807) is 0 Å². The van der Waals surface area contributed by atoms with E-state index in [4.69, 9.17) is 14.7 Å². The van der Waals surface area contributed by atoms with Gasteiger partial charge in [0.25, 0.3) is 0 Å². The molecule has 6 heteroatoms. The molecule has 3 heterocycles. The Hall–Kier alpha value is -2.83. The number of ether oxygens (including phenoxy) is 1. The van der Waals surface area contributed by atoms with Crippen LogP contribution in [-0.2, 0) is 17.9 Å². The molecule has 178 valence electrons. The first-order valence-corrected chi connectivity index (χ1v) is 16.0. The van der Waals surface area contributed by atoms with Crippen molar-refractivity contribution in [1.82, 2.24) is 19.5 Å². The molecule has 0 saturated heterocycles. The minimum absolute atomic E-state index is 0.471. The molecule has 4 rings (SSSR count). The van der Waals surface area contributed by atoms with Gasteiger partial charge in [0.1, 0.15) is 6.73 Å². The third-order valence-electron chi connectivity index (χ3n) is 6.03. The van der Waals surface area contributed by atoms with Crippen LogP contribution >= 0.6 is 0 Å². The maximum Gasteiger partial charge on any atom is 0.124 e. The summed E-state index contributed by atoms with van der Waals surface area (Å²) in [6.07, 6.45) is 7.31. The molecule has 0 N–H and O–H groups in total. The molecule has 0 unspecified atom stereocenters. The van der Waals surface area contributed by atoms with Gasteiger partial charge in [0, 0.05) is 37.5 Å². The predicted octanol–water partition coefficient (Wildman–Crippen LogP) is 7.12. The lowest BCUT2D eigenvalue weighted by atomic mass is 10.0. The van der Waals surface area contributed by atoms with E-state index in [0.29, 0.717) is 6.73 Å². The third-order valence-corrected chi connectivity index (χ3v) is 7.73.